The maximum Gasteiger partial charge on any atom is 0.273 e. The number of aromatic amines is 1. The minimum Gasteiger partial charge on any atom is -0.381 e. The molecular weight excluding hydrogens is 466 g/mol. The average Bonchev–Trinajstić information content (AvgIpc) is 3.32. The van der Waals surface area contributed by atoms with Crippen LogP contribution < -0.4 is 10.6 Å². The van der Waals surface area contributed by atoms with E-state index in [0.717, 1.165) is 44.4 Å². The molecule has 2 amide bonds. The molecule has 1 atom stereocenters. The van der Waals surface area contributed by atoms with Crippen LogP contribution in [-0.2, 0) is 24.3 Å². The molecule has 37 heavy (non-hydrogen) atoms. The average molecular weight is 492 g/mol. The first-order valence-corrected chi connectivity index (χ1v) is 12.1. The Kier molecular flexibility index (Phi) is 5.72. The van der Waals surface area contributed by atoms with Crippen molar-refractivity contribution in [3.63, 3.8) is 0 Å². The molecule has 3 N–H and O–H groups in total. The Morgan fingerprint density at radius 3 is 2.70 bits per heavy atom. The first-order chi connectivity index (χ1) is 18.1. The third-order valence-electron chi connectivity index (χ3n) is 6.86. The maximum atomic E-state index is 13.9. The SMILES string of the molecule is CNC(=O)[C@H]1Cc2c([nH]c3ccccc23)CN1C(=O)c1ncccc1CNc1ccc2nccnc2c1. The van der Waals surface area contributed by atoms with E-state index >= 15 is 0 Å². The van der Waals surface area contributed by atoms with E-state index in [-0.39, 0.29) is 11.8 Å². The minimum absolute atomic E-state index is 0.197. The van der Waals surface area contributed by atoms with Crippen LogP contribution in [0.2, 0.25) is 0 Å². The second kappa shape index (κ2) is 9.34. The van der Waals surface area contributed by atoms with E-state index in [1.54, 1.807) is 30.5 Å². The van der Waals surface area contributed by atoms with Crippen LogP contribution in [0.15, 0.2) is 73.2 Å². The first kappa shape index (κ1) is 22.7. The van der Waals surface area contributed by atoms with Crippen LogP contribution in [0, 0.1) is 0 Å². The number of likely N-dealkylation sites (N-methyl/N-ethyl adjacent to an activating group) is 1. The predicted octanol–water partition coefficient (Wildman–Crippen LogP) is 3.43. The van der Waals surface area contributed by atoms with Gasteiger partial charge in [0.1, 0.15) is 11.7 Å². The zero-order valence-electron chi connectivity index (χ0n) is 20.2. The van der Waals surface area contributed by atoms with Crippen molar-refractivity contribution >= 4 is 39.4 Å². The number of carbonyl (C=O) groups is 2. The molecule has 4 heterocycles. The van der Waals surface area contributed by atoms with Crippen LogP contribution in [0.3, 0.4) is 0 Å². The van der Waals surface area contributed by atoms with Crippen LogP contribution >= 0.6 is 0 Å². The smallest absolute Gasteiger partial charge is 0.273 e. The zero-order chi connectivity index (χ0) is 25.4. The highest BCUT2D eigenvalue weighted by atomic mass is 16.2. The van der Waals surface area contributed by atoms with E-state index < -0.39 is 6.04 Å². The number of rotatable bonds is 5. The molecule has 1 aliphatic heterocycles. The molecule has 0 aliphatic carbocycles. The van der Waals surface area contributed by atoms with Crippen molar-refractivity contribution in [2.24, 2.45) is 0 Å². The number of aromatic nitrogens is 4. The van der Waals surface area contributed by atoms with E-state index in [2.05, 4.69) is 30.6 Å². The van der Waals surface area contributed by atoms with Crippen LogP contribution in [-0.4, -0.2) is 49.7 Å². The van der Waals surface area contributed by atoms with Gasteiger partial charge in [-0.2, -0.15) is 0 Å². The Hall–Kier alpha value is -4.79. The summed E-state index contributed by atoms with van der Waals surface area (Å²) in [7, 11) is 1.60. The number of para-hydroxylation sites is 1. The molecule has 0 radical (unpaired) electrons. The normalized spacial score (nSPS) is 14.9. The van der Waals surface area contributed by atoms with Gasteiger partial charge in [-0.1, -0.05) is 24.3 Å². The second-order valence-corrected chi connectivity index (χ2v) is 9.02. The molecule has 9 heteroatoms. The van der Waals surface area contributed by atoms with E-state index in [9.17, 15) is 9.59 Å². The Morgan fingerprint density at radius 1 is 1.00 bits per heavy atom. The maximum absolute atomic E-state index is 13.9. The second-order valence-electron chi connectivity index (χ2n) is 9.02. The summed E-state index contributed by atoms with van der Waals surface area (Å²) in [4.78, 5) is 45.0. The summed E-state index contributed by atoms with van der Waals surface area (Å²) in [6, 6.07) is 16.8. The molecule has 3 aromatic heterocycles. The van der Waals surface area contributed by atoms with Crippen molar-refractivity contribution in [1.82, 2.24) is 30.2 Å². The fourth-order valence-corrected chi connectivity index (χ4v) is 5.00. The van der Waals surface area contributed by atoms with Crippen molar-refractivity contribution in [2.75, 3.05) is 12.4 Å². The summed E-state index contributed by atoms with van der Waals surface area (Å²) in [5.74, 6) is -0.475. The molecule has 0 unspecified atom stereocenters. The standard InChI is InChI=1S/C28H25N7O2/c1-29-27(36)25-14-20-19-6-2-3-7-21(19)34-24(20)16-35(25)28(37)26-17(5-4-10-32-26)15-33-18-8-9-22-23(13-18)31-12-11-30-22/h2-13,25,33-34H,14-16H2,1H3,(H,29,36)/t25-/m1/s1. The number of carbonyl (C=O) groups excluding carboxylic acids is 2. The van der Waals surface area contributed by atoms with Crippen molar-refractivity contribution < 1.29 is 9.59 Å². The largest absolute Gasteiger partial charge is 0.381 e. The quantitative estimate of drug-likeness (QED) is 0.347. The molecule has 1 aliphatic rings. The number of anilines is 1. The van der Waals surface area contributed by atoms with Crippen LogP contribution in [0.4, 0.5) is 5.69 Å². The molecule has 9 nitrogen and oxygen atoms in total. The molecule has 5 aromatic rings. The predicted molar refractivity (Wildman–Crippen MR) is 141 cm³/mol. The Balaban J connectivity index is 1.30. The molecule has 0 spiro atoms. The summed E-state index contributed by atoms with van der Waals surface area (Å²) in [6.07, 6.45) is 5.36. The van der Waals surface area contributed by atoms with E-state index in [0.29, 0.717) is 25.2 Å². The minimum atomic E-state index is -0.633. The topological polar surface area (TPSA) is 116 Å². The van der Waals surface area contributed by atoms with Crippen LogP contribution in [0.1, 0.15) is 27.3 Å². The summed E-state index contributed by atoms with van der Waals surface area (Å²) in [5, 5.41) is 7.18. The number of pyridine rings is 1. The van der Waals surface area contributed by atoms with Gasteiger partial charge in [-0.3, -0.25) is 24.5 Å². The summed E-state index contributed by atoms with van der Waals surface area (Å²) in [5.41, 5.74) is 6.55. The monoisotopic (exact) mass is 491 g/mol. The number of hydrogen-bond donors (Lipinski definition) is 3. The van der Waals surface area contributed by atoms with Gasteiger partial charge in [-0.05, 0) is 35.9 Å². The lowest BCUT2D eigenvalue weighted by molar-refractivity contribution is -0.125. The molecule has 0 saturated carbocycles. The van der Waals surface area contributed by atoms with Gasteiger partial charge in [0.05, 0.1) is 17.6 Å². The molecular formula is C28H25N7O2. The van der Waals surface area contributed by atoms with Crippen molar-refractivity contribution in [1.29, 1.82) is 0 Å². The highest BCUT2D eigenvalue weighted by molar-refractivity contribution is 5.98. The lowest BCUT2D eigenvalue weighted by Crippen LogP contribution is -2.52. The van der Waals surface area contributed by atoms with E-state index in [1.165, 1.54) is 0 Å². The fraction of sp³-hybridized carbons (Fsp3) is 0.179. The van der Waals surface area contributed by atoms with E-state index in [4.69, 9.17) is 0 Å². The van der Waals surface area contributed by atoms with Crippen molar-refractivity contribution in [3.05, 3.63) is 95.7 Å². The summed E-state index contributed by atoms with van der Waals surface area (Å²) >= 11 is 0. The molecule has 0 fully saturated rings. The molecule has 6 rings (SSSR count). The van der Waals surface area contributed by atoms with Gasteiger partial charge in [0.2, 0.25) is 5.91 Å². The highest BCUT2D eigenvalue weighted by Crippen LogP contribution is 2.31. The Bertz CT molecular complexity index is 1640. The molecule has 0 saturated heterocycles. The van der Waals surface area contributed by atoms with Crippen LogP contribution in [0.5, 0.6) is 0 Å². The van der Waals surface area contributed by atoms with Gasteiger partial charge < -0.3 is 20.5 Å². The number of hydrogen-bond acceptors (Lipinski definition) is 6. The number of H-pyrrole nitrogens is 1. The van der Waals surface area contributed by atoms with Gasteiger partial charge >= 0.3 is 0 Å². The lowest BCUT2D eigenvalue weighted by atomic mass is 9.95. The fourth-order valence-electron chi connectivity index (χ4n) is 5.00. The molecule has 184 valence electrons. The van der Waals surface area contributed by atoms with E-state index in [1.807, 2.05) is 54.6 Å². The third-order valence-corrected chi connectivity index (χ3v) is 6.86. The lowest BCUT2D eigenvalue weighted by Gasteiger charge is -2.34. The number of nitrogens with zero attached hydrogens (tertiary/aromatic N) is 4. The number of fused-ring (bicyclic) bond motifs is 4. The number of amides is 2. The van der Waals surface area contributed by atoms with Crippen molar-refractivity contribution in [3.8, 4) is 0 Å². The Labute approximate surface area is 213 Å². The van der Waals surface area contributed by atoms with Gasteiger partial charge in [-0.15, -0.1) is 0 Å². The van der Waals surface area contributed by atoms with Crippen LogP contribution in [0.25, 0.3) is 21.9 Å². The highest BCUT2D eigenvalue weighted by Gasteiger charge is 2.37. The Morgan fingerprint density at radius 2 is 1.84 bits per heavy atom. The van der Waals surface area contributed by atoms with Gasteiger partial charge in [-0.25, -0.2) is 0 Å². The summed E-state index contributed by atoms with van der Waals surface area (Å²) < 4.78 is 0. The van der Waals surface area contributed by atoms with Gasteiger partial charge in [0, 0.05) is 66.5 Å². The van der Waals surface area contributed by atoms with Crippen molar-refractivity contribution in [2.45, 2.75) is 25.6 Å². The van der Waals surface area contributed by atoms with Gasteiger partial charge in [0.15, 0.2) is 0 Å². The number of nitrogens with one attached hydrogen (secondary N) is 3. The molecule has 2 aromatic carbocycles. The number of benzene rings is 2. The third kappa shape index (κ3) is 4.14. The summed E-state index contributed by atoms with van der Waals surface area (Å²) in [6.45, 7) is 0.685. The van der Waals surface area contributed by atoms with Gasteiger partial charge in [0.25, 0.3) is 5.91 Å². The first-order valence-electron chi connectivity index (χ1n) is 12.1. The molecule has 0 bridgehead atoms. The zero-order valence-corrected chi connectivity index (χ0v) is 20.2.